The Hall–Kier alpha value is -5.00. The summed E-state index contributed by atoms with van der Waals surface area (Å²) in [5, 5.41) is 46.5. The average molecular weight is 731 g/mol. The number of aliphatic hydroxyl groups is 2. The van der Waals surface area contributed by atoms with Crippen LogP contribution in [0, 0.1) is 0 Å². The van der Waals surface area contributed by atoms with Gasteiger partial charge in [-0.25, -0.2) is 0 Å². The van der Waals surface area contributed by atoms with E-state index < -0.39 is 12.2 Å². The van der Waals surface area contributed by atoms with Crippen molar-refractivity contribution in [3.05, 3.63) is 105 Å². The van der Waals surface area contributed by atoms with Crippen LogP contribution >= 0.6 is 0 Å². The molecule has 0 saturated heterocycles. The Balaban J connectivity index is 1.23. The number of allylic oxidation sites excluding steroid dienone is 1. The fraction of sp³-hybridized carbons (Fsp3) is 0.364. The quantitative estimate of drug-likeness (QED) is 0.0881. The number of aromatic hydroxyl groups is 2. The maximum atomic E-state index is 11.2. The van der Waals surface area contributed by atoms with Crippen LogP contribution in [0.2, 0.25) is 0 Å². The van der Waals surface area contributed by atoms with E-state index in [1.54, 1.807) is 6.07 Å². The third-order valence-electron chi connectivity index (χ3n) is 11.9. The number of rotatable bonds is 10. The van der Waals surface area contributed by atoms with Crippen molar-refractivity contribution in [3.63, 3.8) is 0 Å². The Morgan fingerprint density at radius 2 is 1.83 bits per heavy atom. The van der Waals surface area contributed by atoms with E-state index in [2.05, 4.69) is 46.7 Å². The molecule has 9 rings (SSSR count). The summed E-state index contributed by atoms with van der Waals surface area (Å²) < 4.78 is 26.1. The summed E-state index contributed by atoms with van der Waals surface area (Å²) in [4.78, 5) is 3.32. The normalized spacial score (nSPS) is 22.1. The van der Waals surface area contributed by atoms with E-state index in [0.29, 0.717) is 56.6 Å². The molecule has 5 aromatic rings. The predicted molar refractivity (Wildman–Crippen MR) is 206 cm³/mol. The molecular formula is C44H46N2O8. The minimum absolute atomic E-state index is 0.00187. The third-order valence-corrected chi connectivity index (χ3v) is 11.9. The van der Waals surface area contributed by atoms with Gasteiger partial charge in [-0.3, -0.25) is 5.32 Å². The molecule has 10 heteroatoms. The molecule has 5 atom stereocenters. The molecule has 1 aromatic heterocycles. The lowest BCUT2D eigenvalue weighted by molar-refractivity contribution is -0.0436. The van der Waals surface area contributed by atoms with Gasteiger partial charge in [0.25, 0.3) is 0 Å². The minimum Gasteiger partial charge on any atom is -0.507 e. The number of phenolic OH excluding ortho intramolecular Hbond substituents is 2. The van der Waals surface area contributed by atoms with Crippen LogP contribution in [0.15, 0.2) is 60.8 Å². The van der Waals surface area contributed by atoms with Crippen LogP contribution in [0.1, 0.15) is 75.3 Å². The van der Waals surface area contributed by atoms with Crippen molar-refractivity contribution in [2.24, 2.45) is 0 Å². The predicted octanol–water partition coefficient (Wildman–Crippen LogP) is 6.55. The maximum absolute atomic E-state index is 11.2. The van der Waals surface area contributed by atoms with Gasteiger partial charge in [0.2, 0.25) is 0 Å². The summed E-state index contributed by atoms with van der Waals surface area (Å²) >= 11 is 0. The minimum atomic E-state index is -0.538. The number of nitrogens with one attached hydrogen (secondary N) is 2. The van der Waals surface area contributed by atoms with Crippen LogP contribution in [0.3, 0.4) is 0 Å². The highest BCUT2D eigenvalue weighted by atomic mass is 16.6. The van der Waals surface area contributed by atoms with Gasteiger partial charge in [-0.1, -0.05) is 24.3 Å². The van der Waals surface area contributed by atoms with Gasteiger partial charge in [0, 0.05) is 52.9 Å². The second-order valence-electron chi connectivity index (χ2n) is 14.9. The van der Waals surface area contributed by atoms with Crippen molar-refractivity contribution in [1.82, 2.24) is 10.3 Å². The Labute approximate surface area is 314 Å². The van der Waals surface area contributed by atoms with Crippen LogP contribution in [0.5, 0.6) is 28.7 Å². The van der Waals surface area contributed by atoms with E-state index in [1.165, 1.54) is 12.7 Å². The van der Waals surface area contributed by atoms with E-state index in [9.17, 15) is 20.4 Å². The number of fused-ring (bicyclic) bond motifs is 8. The van der Waals surface area contributed by atoms with Gasteiger partial charge in [0.15, 0.2) is 17.6 Å². The van der Waals surface area contributed by atoms with Crippen molar-refractivity contribution in [2.75, 3.05) is 34.1 Å². The van der Waals surface area contributed by atoms with Crippen molar-refractivity contribution in [1.29, 1.82) is 0 Å². The number of methoxy groups -OCH3 is 1. The summed E-state index contributed by atoms with van der Waals surface area (Å²) in [6, 6.07) is 16.3. The molecule has 0 spiro atoms. The zero-order chi connectivity index (χ0) is 37.1. The summed E-state index contributed by atoms with van der Waals surface area (Å²) in [6.45, 7) is 0.215. The molecule has 0 radical (unpaired) electrons. The molecule has 0 amide bonds. The maximum Gasteiger partial charge on any atom is 0.161 e. The highest BCUT2D eigenvalue weighted by Crippen LogP contribution is 2.59. The number of ether oxygens (including phenoxy) is 4. The van der Waals surface area contributed by atoms with Crippen molar-refractivity contribution in [3.8, 4) is 39.9 Å². The number of hydrogen-bond donors (Lipinski definition) is 6. The number of aryl methyl sites for hydroxylation is 1. The Morgan fingerprint density at radius 1 is 0.944 bits per heavy atom. The molecule has 2 aliphatic heterocycles. The average Bonchev–Trinajstić information content (AvgIpc) is 3.68. The molecule has 0 unspecified atom stereocenters. The number of aromatic nitrogens is 1. The van der Waals surface area contributed by atoms with Crippen LogP contribution < -0.4 is 19.5 Å². The first kappa shape index (κ1) is 34.7. The first-order valence-corrected chi connectivity index (χ1v) is 18.9. The van der Waals surface area contributed by atoms with Crippen LogP contribution in [-0.4, -0.2) is 71.7 Å². The Morgan fingerprint density at radius 3 is 2.65 bits per heavy atom. The molecule has 280 valence electrons. The molecule has 4 aromatic carbocycles. The van der Waals surface area contributed by atoms with Gasteiger partial charge in [0.05, 0.1) is 20.4 Å². The number of benzene rings is 4. The number of aliphatic hydroxyl groups excluding tert-OH is 2. The number of H-pyrrole nitrogens is 1. The van der Waals surface area contributed by atoms with E-state index >= 15 is 0 Å². The van der Waals surface area contributed by atoms with E-state index in [1.807, 2.05) is 31.4 Å². The fourth-order valence-corrected chi connectivity index (χ4v) is 9.35. The largest absolute Gasteiger partial charge is 0.507 e. The summed E-state index contributed by atoms with van der Waals surface area (Å²) in [5.41, 5.74) is 11.0. The fourth-order valence-electron chi connectivity index (χ4n) is 9.35. The van der Waals surface area contributed by atoms with Crippen molar-refractivity contribution in [2.45, 2.75) is 68.7 Å². The summed E-state index contributed by atoms with van der Waals surface area (Å²) in [7, 11) is 3.38. The highest BCUT2D eigenvalue weighted by Gasteiger charge is 2.44. The highest BCUT2D eigenvalue weighted by molar-refractivity contribution is 5.89. The molecular weight excluding hydrogens is 684 g/mol. The SMILES string of the molecule is CNCO[C@@H]1Cc2c3c(c4c(c2O[C@@H]1c1cc(CCCO)c(O)c(OC)c1)CC[C@@H](CO)O4)-c1ccc(O)c2c1[C@H](C3)[C@H](c1ccc3[nH]ccc3c1)C=C2. The monoisotopic (exact) mass is 730 g/mol. The van der Waals surface area contributed by atoms with Gasteiger partial charge >= 0.3 is 0 Å². The molecule has 3 heterocycles. The van der Waals surface area contributed by atoms with Gasteiger partial charge in [0.1, 0.15) is 29.5 Å². The van der Waals surface area contributed by atoms with Crippen molar-refractivity contribution < 1.29 is 39.4 Å². The van der Waals surface area contributed by atoms with Crippen molar-refractivity contribution >= 4 is 17.0 Å². The van der Waals surface area contributed by atoms with E-state index in [4.69, 9.17) is 18.9 Å². The van der Waals surface area contributed by atoms with Crippen LogP contribution in [-0.2, 0) is 30.4 Å². The van der Waals surface area contributed by atoms with Crippen LogP contribution in [0.25, 0.3) is 28.1 Å². The molecule has 2 aliphatic carbocycles. The summed E-state index contributed by atoms with van der Waals surface area (Å²) in [5.74, 6) is 2.27. The van der Waals surface area contributed by atoms with Crippen LogP contribution in [0.4, 0.5) is 0 Å². The first-order valence-electron chi connectivity index (χ1n) is 18.9. The Bertz CT molecular complexity index is 2280. The number of phenols is 2. The lowest BCUT2D eigenvalue weighted by Gasteiger charge is -2.43. The van der Waals surface area contributed by atoms with E-state index in [-0.39, 0.29) is 42.7 Å². The molecule has 0 saturated carbocycles. The second kappa shape index (κ2) is 14.0. The lowest BCUT2D eigenvalue weighted by Crippen LogP contribution is -2.37. The second-order valence-corrected chi connectivity index (χ2v) is 14.9. The zero-order valence-electron chi connectivity index (χ0n) is 30.5. The van der Waals surface area contributed by atoms with Gasteiger partial charge in [-0.05, 0) is 120 Å². The number of aromatic amines is 1. The number of hydrogen-bond acceptors (Lipinski definition) is 9. The lowest BCUT2D eigenvalue weighted by atomic mass is 9.65. The van der Waals surface area contributed by atoms with E-state index in [0.717, 1.165) is 66.9 Å². The smallest absolute Gasteiger partial charge is 0.161 e. The van der Waals surface area contributed by atoms with Gasteiger partial charge in [-0.2, -0.15) is 0 Å². The molecule has 10 nitrogen and oxygen atoms in total. The zero-order valence-corrected chi connectivity index (χ0v) is 30.5. The van der Waals surface area contributed by atoms with Gasteiger partial charge < -0.3 is 44.4 Å². The summed E-state index contributed by atoms with van der Waals surface area (Å²) in [6.07, 6.45) is 8.51. The molecule has 0 fully saturated rings. The molecule has 0 bridgehead atoms. The molecule has 4 aliphatic rings. The Kier molecular flexibility index (Phi) is 9.01. The first-order chi connectivity index (χ1) is 26.4. The van der Waals surface area contributed by atoms with Gasteiger partial charge in [-0.15, -0.1) is 0 Å². The topological polar surface area (TPSA) is 146 Å². The standard InChI is InChI=1S/C44H46N2O8/c1-45-22-52-38-20-34-33-19-32-28(23-5-11-35-24(16-23)13-14-46-35)8-9-29-36(49)12-10-30(39(29)32)40(33)44-31(7-6-27(21-48)53-44)43(34)54-42(38)26-17-25(4-3-15-47)41(50)37(18-26)51-2/h5,8-14,16-18,27-28,32,38,42,45-50H,3-4,6-7,15,19-22H2,1-2H3/t27-,28-,32+,38+,42+/m0/s1. The third kappa shape index (κ3) is 5.62. The molecule has 54 heavy (non-hydrogen) atoms. The molecule has 6 N–H and O–H groups in total.